The predicted molar refractivity (Wildman–Crippen MR) is 517 cm³/mol. The van der Waals surface area contributed by atoms with Gasteiger partial charge in [0.25, 0.3) is 0 Å². The van der Waals surface area contributed by atoms with Crippen molar-refractivity contribution in [2.45, 2.75) is 6.92 Å². The average molecular weight is 1600 g/mol. The molecule has 0 saturated heterocycles. The molecule has 10 heterocycles. The minimum atomic E-state index is 0.827. The van der Waals surface area contributed by atoms with Crippen molar-refractivity contribution in [1.29, 1.82) is 0 Å². The maximum absolute atomic E-state index is 5.73. The highest BCUT2D eigenvalue weighted by molar-refractivity contribution is 6.21. The molecule has 0 fully saturated rings. The molecule has 0 radical (unpaired) electrons. The fourth-order valence-corrected chi connectivity index (χ4v) is 21.1. The summed E-state index contributed by atoms with van der Waals surface area (Å²) >= 11 is 0. The van der Waals surface area contributed by atoms with Crippen LogP contribution in [0.25, 0.3) is 245 Å². The van der Waals surface area contributed by atoms with Crippen molar-refractivity contribution in [3.63, 3.8) is 0 Å². The molecule has 0 saturated carbocycles. The first-order valence-corrected chi connectivity index (χ1v) is 42.5. The van der Waals surface area contributed by atoms with Crippen molar-refractivity contribution in [2.24, 2.45) is 0 Å². The number of rotatable bonds is 12. The van der Waals surface area contributed by atoms with Gasteiger partial charge in [-0.3, -0.25) is 26.9 Å². The van der Waals surface area contributed by atoms with Gasteiger partial charge < -0.3 is 18.3 Å². The lowest BCUT2D eigenvalue weighted by atomic mass is 10.00. The van der Waals surface area contributed by atoms with Gasteiger partial charge in [-0.25, -0.2) is 15.0 Å². The van der Waals surface area contributed by atoms with Crippen LogP contribution in [0, 0.1) is 0 Å². The highest BCUT2D eigenvalue weighted by atomic mass is 15.2. The predicted octanol–water partition coefficient (Wildman–Crippen LogP) is 27.8. The molecule has 13 heteroatoms. The Bertz CT molecular complexity index is 9360. The van der Waals surface area contributed by atoms with E-state index in [1.165, 1.54) is 5.39 Å². The number of para-hydroxylation sites is 16. The normalized spacial score (nSPS) is 12.4. The van der Waals surface area contributed by atoms with E-state index >= 15 is 0 Å². The molecule has 27 aromatic rings. The largest absolute Gasteiger partial charge is 0.311 e. The average Bonchev–Trinajstić information content (AvgIpc) is 1.54. The number of imidazole rings is 6. The first-order chi connectivity index (χ1) is 62.0. The summed E-state index contributed by atoms with van der Waals surface area (Å²) in [6.45, 7) is 6.89. The van der Waals surface area contributed by atoms with E-state index in [1.807, 2.05) is 6.08 Å². The number of benzene rings is 17. The Hall–Kier alpha value is -17.0. The summed E-state index contributed by atoms with van der Waals surface area (Å²) in [5, 5.41) is 8.04. The Morgan fingerprint density at radius 3 is 1.21 bits per heavy atom. The molecule has 10 aromatic heterocycles. The fraction of sp³-hybridized carbons (Fsp3) is 0.00893. The van der Waals surface area contributed by atoms with Crippen LogP contribution in [0.3, 0.4) is 0 Å². The second-order valence-corrected chi connectivity index (χ2v) is 32.7. The Morgan fingerprint density at radius 1 is 0.256 bits per heavy atom. The Kier molecular flexibility index (Phi) is 14.4. The summed E-state index contributed by atoms with van der Waals surface area (Å²) in [4.78, 5) is 17.0. The van der Waals surface area contributed by atoms with Gasteiger partial charge in [0, 0.05) is 82.6 Å². The Morgan fingerprint density at radius 2 is 0.632 bits per heavy atom. The smallest absolute Gasteiger partial charge is 0.220 e. The molecule has 0 aliphatic rings. The van der Waals surface area contributed by atoms with Crippen molar-refractivity contribution in [2.75, 3.05) is 0 Å². The van der Waals surface area contributed by atoms with Crippen molar-refractivity contribution in [3.05, 3.63) is 406 Å². The zero-order chi connectivity index (χ0) is 82.0. The molecule has 125 heavy (non-hydrogen) atoms. The van der Waals surface area contributed by atoms with Gasteiger partial charge in [0.15, 0.2) is 0 Å². The number of aromatic nitrogens is 13. The van der Waals surface area contributed by atoms with Gasteiger partial charge in [0.1, 0.15) is 11.0 Å². The molecule has 0 aliphatic carbocycles. The number of hydrogen-bond acceptors (Lipinski definition) is 3. The second-order valence-electron chi connectivity index (χ2n) is 32.7. The van der Waals surface area contributed by atoms with Gasteiger partial charge >= 0.3 is 0 Å². The van der Waals surface area contributed by atoms with Crippen LogP contribution in [-0.4, -0.2) is 60.1 Å². The maximum Gasteiger partial charge on any atom is 0.220 e. The summed E-state index contributed by atoms with van der Waals surface area (Å²) < 4.78 is 23.8. The lowest BCUT2D eigenvalue weighted by Crippen LogP contribution is -2.02. The lowest BCUT2D eigenvalue weighted by Gasteiger charge is -2.19. The van der Waals surface area contributed by atoms with Crippen molar-refractivity contribution >= 4 is 178 Å². The fourth-order valence-electron chi connectivity index (χ4n) is 21.1. The van der Waals surface area contributed by atoms with Crippen LogP contribution in [0.4, 0.5) is 0 Å². The maximum atomic E-state index is 5.73. The van der Waals surface area contributed by atoms with Gasteiger partial charge in [-0.2, -0.15) is 0 Å². The van der Waals surface area contributed by atoms with E-state index in [1.54, 1.807) is 0 Å². The SMILES string of the molecule is C=Cc1c(/C=C(\C)n2c3ccccc3c3ccc4c(nc5n(-c6ccccc6)c6ccccc6n45)c32)c2ccccc2n1-c1ccccc1-c1ccccc1-n1c2ccccc2c2cc(-c3ccc4c(c3)n(-c3ccccc3-c3ccccc3-n3c5ccccc5c5ccc6c(nc7n(-c8ccccc8)c8ccccc8n67)c53)c3nc5ccccc5n43)ccc21. The molecule has 584 valence electrons. The molecule has 0 bridgehead atoms. The van der Waals surface area contributed by atoms with Crippen molar-refractivity contribution < 1.29 is 0 Å². The first kappa shape index (κ1) is 68.8. The molecule has 13 nitrogen and oxygen atoms in total. The van der Waals surface area contributed by atoms with Crippen LogP contribution in [0.15, 0.2) is 395 Å². The Labute approximate surface area is 713 Å². The van der Waals surface area contributed by atoms with E-state index in [2.05, 4.69) is 453 Å². The third-order valence-corrected chi connectivity index (χ3v) is 26.3. The number of fused-ring (bicyclic) bond motifs is 27. The molecular formula is C112H71N13. The number of allylic oxidation sites excluding steroid dienone is 1. The molecule has 0 atom stereocenters. The topological polar surface area (TPSA) is 86.4 Å². The highest BCUT2D eigenvalue weighted by Gasteiger charge is 2.30. The highest BCUT2D eigenvalue weighted by Crippen LogP contribution is 2.48. The summed E-state index contributed by atoms with van der Waals surface area (Å²) in [5.74, 6) is 2.55. The minimum absolute atomic E-state index is 0.827. The van der Waals surface area contributed by atoms with Crippen LogP contribution in [0.5, 0.6) is 0 Å². The second kappa shape index (κ2) is 26.2. The van der Waals surface area contributed by atoms with Gasteiger partial charge in [0.2, 0.25) is 17.3 Å². The molecule has 0 aliphatic heterocycles. The third kappa shape index (κ3) is 9.62. The van der Waals surface area contributed by atoms with Gasteiger partial charge in [0.05, 0.1) is 122 Å². The van der Waals surface area contributed by atoms with E-state index < -0.39 is 0 Å². The summed E-state index contributed by atoms with van der Waals surface area (Å²) in [6.07, 6.45) is 4.40. The molecule has 0 amide bonds. The van der Waals surface area contributed by atoms with Crippen LogP contribution in [0.2, 0.25) is 0 Å². The number of nitrogens with zero attached hydrogens (tertiary/aromatic N) is 13. The zero-order valence-electron chi connectivity index (χ0n) is 67.6. The quantitative estimate of drug-likeness (QED) is 0.122. The summed E-state index contributed by atoms with van der Waals surface area (Å²) in [6, 6.07) is 141. The van der Waals surface area contributed by atoms with E-state index in [0.29, 0.717) is 0 Å². The lowest BCUT2D eigenvalue weighted by molar-refractivity contribution is 1.10. The van der Waals surface area contributed by atoms with E-state index in [0.717, 1.165) is 239 Å². The van der Waals surface area contributed by atoms with Crippen LogP contribution >= 0.6 is 0 Å². The Balaban J connectivity index is 0.597. The molecule has 0 unspecified atom stereocenters. The summed E-state index contributed by atoms with van der Waals surface area (Å²) in [5.41, 5.74) is 35.9. The standard InChI is InChI=1S/C112H71N13/c1-3-87-84(66-69(2)116-88-45-19-14-40-78(88)82-60-64-103-106(108(82)116)114-111-117(72-32-6-4-7-33-72)98-54-28-30-56-100(98)124(103)111)80-42-16-22-48-91(80)119(87)89-46-20-10-36-74(89)75-37-11-21-47-90(75)120-92-49-23-17-43-81(92)85-67-70(58-62-96(85)120)71-59-63-102-105(68-71)122(110-113-86-44-18-27-53-97(86)123(102)110)95-52-26-13-39-77(95)76-38-12-24-50-93(76)121-94-51-25-15-41-79(94)83-61-65-104-107(109(83)121)115-112-118(73-34-8-5-9-35-73)99-55-29-31-57-101(99)125(104)112/h3-68H,1H2,2H3/b69-66+. The van der Waals surface area contributed by atoms with Gasteiger partial charge in [-0.05, 0) is 188 Å². The summed E-state index contributed by atoms with van der Waals surface area (Å²) in [7, 11) is 0. The van der Waals surface area contributed by atoms with E-state index in [4.69, 9.17) is 15.0 Å². The van der Waals surface area contributed by atoms with Crippen LogP contribution in [0.1, 0.15) is 18.2 Å². The van der Waals surface area contributed by atoms with Crippen molar-refractivity contribution in [3.8, 4) is 67.5 Å². The van der Waals surface area contributed by atoms with Crippen LogP contribution < -0.4 is 0 Å². The third-order valence-electron chi connectivity index (χ3n) is 26.3. The first-order valence-electron chi connectivity index (χ1n) is 42.5. The monoisotopic (exact) mass is 1600 g/mol. The molecule has 27 rings (SSSR count). The molecule has 0 N–H and O–H groups in total. The molecule has 17 aromatic carbocycles. The zero-order valence-corrected chi connectivity index (χ0v) is 67.6. The van der Waals surface area contributed by atoms with Crippen LogP contribution in [-0.2, 0) is 0 Å². The van der Waals surface area contributed by atoms with Crippen molar-refractivity contribution in [1.82, 2.24) is 60.1 Å². The molecular weight excluding hydrogens is 1530 g/mol. The van der Waals surface area contributed by atoms with E-state index in [9.17, 15) is 0 Å². The van der Waals surface area contributed by atoms with Gasteiger partial charge in [-0.15, -0.1) is 0 Å². The van der Waals surface area contributed by atoms with Gasteiger partial charge in [-0.1, -0.05) is 237 Å². The minimum Gasteiger partial charge on any atom is -0.311 e. The van der Waals surface area contributed by atoms with E-state index in [-0.39, 0.29) is 0 Å². The molecule has 0 spiro atoms. The number of hydrogen-bond donors (Lipinski definition) is 0.